The lowest BCUT2D eigenvalue weighted by molar-refractivity contribution is -0.384. The van der Waals surface area contributed by atoms with Gasteiger partial charge in [0, 0.05) is 55.5 Å². The van der Waals surface area contributed by atoms with Crippen LogP contribution in [-0.4, -0.2) is 110 Å². The molecule has 0 radical (unpaired) electrons. The van der Waals surface area contributed by atoms with E-state index in [1.165, 1.54) is 52.0 Å². The van der Waals surface area contributed by atoms with Crippen LogP contribution in [0, 0.1) is 26.9 Å². The van der Waals surface area contributed by atoms with Gasteiger partial charge in [-0.1, -0.05) is 62.4 Å². The number of nitrogens with zero attached hydrogens (tertiary/aromatic N) is 1. The highest BCUT2D eigenvalue weighted by Crippen LogP contribution is 2.64. The number of ketones is 1. The number of aliphatic hydroxyl groups excluding tert-OH is 2. The van der Waals surface area contributed by atoms with Crippen molar-refractivity contribution in [2.75, 3.05) is 11.9 Å². The number of benzene rings is 3. The van der Waals surface area contributed by atoms with Crippen LogP contribution in [0.4, 0.5) is 16.2 Å². The van der Waals surface area contributed by atoms with Gasteiger partial charge in [-0.15, -0.1) is 0 Å². The van der Waals surface area contributed by atoms with Crippen molar-refractivity contribution < 1.29 is 72.7 Å². The summed E-state index contributed by atoms with van der Waals surface area (Å²) >= 11 is 0. The summed E-state index contributed by atoms with van der Waals surface area (Å²) in [7, 11) is 0. The minimum absolute atomic E-state index is 0.0212. The number of anilines is 1. The zero-order valence-corrected chi connectivity index (χ0v) is 36.9. The number of non-ortho nitro benzene ring substituents is 1. The molecule has 7 rings (SSSR count). The van der Waals surface area contributed by atoms with E-state index in [0.717, 1.165) is 26.0 Å². The Balaban J connectivity index is 1.37. The van der Waals surface area contributed by atoms with E-state index in [4.69, 9.17) is 23.7 Å². The number of esters is 3. The van der Waals surface area contributed by atoms with Crippen LogP contribution in [0.1, 0.15) is 76.3 Å². The number of fused-ring (bicyclic) bond motifs is 5. The molecule has 2 bridgehead atoms. The van der Waals surface area contributed by atoms with Crippen LogP contribution >= 0.6 is 0 Å². The summed E-state index contributed by atoms with van der Waals surface area (Å²) in [5.74, 6) is -6.31. The largest absolute Gasteiger partial charge is 0.456 e. The van der Waals surface area contributed by atoms with Crippen LogP contribution in [0.2, 0.25) is 0 Å². The van der Waals surface area contributed by atoms with Crippen molar-refractivity contribution in [3.8, 4) is 0 Å². The van der Waals surface area contributed by atoms with Gasteiger partial charge < -0.3 is 44.3 Å². The molecule has 0 aromatic heterocycles. The number of aliphatic hydroxyl groups is 3. The monoisotopic (exact) mass is 913 g/mol. The summed E-state index contributed by atoms with van der Waals surface area (Å²) < 4.78 is 30.0. The minimum atomic E-state index is -2.51. The first-order valence-electron chi connectivity index (χ1n) is 21.2. The molecule has 2 amide bonds. The Bertz CT molecular complexity index is 2460. The maximum Gasteiger partial charge on any atom is 0.412 e. The lowest BCUT2D eigenvalue weighted by atomic mass is 9.44. The van der Waals surface area contributed by atoms with Crippen LogP contribution < -0.4 is 10.6 Å². The number of hydrogen-bond donors (Lipinski definition) is 5. The van der Waals surface area contributed by atoms with Gasteiger partial charge in [-0.3, -0.25) is 34.6 Å². The smallest absolute Gasteiger partial charge is 0.412 e. The number of Topliss-reactive ketones (excluding diaryl/α,β-unsaturated/α-hetero) is 1. The third-order valence-corrected chi connectivity index (χ3v) is 13.8. The first-order chi connectivity index (χ1) is 31.1. The Hall–Kier alpha value is -6.54. The SMILES string of the molecule is CC(=O)O[C@H]1C(=O)[C@@]2(C)C([C@H](OC(=O)Nc3ccc([N+](=O)[O-])cc3)[C@]3(O)C[C@H](OC(=O)[C@H](O)[C@@H](NC(=O)c4ccccc4)c4ccccc4)C(C)=C1C3(C)C)[C@]1(OC(C)=O)CO[C@@H]1C[C@@H]2O. The van der Waals surface area contributed by atoms with E-state index in [1.54, 1.807) is 48.5 Å². The predicted octanol–water partition coefficient (Wildman–Crippen LogP) is 4.04. The van der Waals surface area contributed by atoms with E-state index >= 15 is 4.79 Å². The Morgan fingerprint density at radius 1 is 0.894 bits per heavy atom. The second kappa shape index (κ2) is 17.7. The first kappa shape index (κ1) is 47.4. The molecule has 1 aliphatic heterocycles. The molecule has 3 aromatic rings. The van der Waals surface area contributed by atoms with Gasteiger partial charge in [-0.05, 0) is 54.8 Å². The second-order valence-corrected chi connectivity index (χ2v) is 17.9. The Labute approximate surface area is 378 Å². The quantitative estimate of drug-likeness (QED) is 0.0597. The third-order valence-electron chi connectivity index (χ3n) is 13.8. The van der Waals surface area contributed by atoms with E-state index in [2.05, 4.69) is 10.6 Å². The summed E-state index contributed by atoms with van der Waals surface area (Å²) in [6, 6.07) is 19.5. The Morgan fingerprint density at radius 3 is 2.08 bits per heavy atom. The van der Waals surface area contributed by atoms with Gasteiger partial charge in [-0.25, -0.2) is 9.59 Å². The summed E-state index contributed by atoms with van der Waals surface area (Å²) in [6.07, 6.45) is -12.4. The van der Waals surface area contributed by atoms with Crippen LogP contribution in [0.5, 0.6) is 0 Å². The lowest BCUT2D eigenvalue weighted by Crippen LogP contribution is -2.82. The van der Waals surface area contributed by atoms with Gasteiger partial charge in [0.05, 0.1) is 35.0 Å². The molecule has 1 saturated heterocycles. The molecule has 1 heterocycles. The molecule has 350 valence electrons. The Morgan fingerprint density at radius 2 is 1.52 bits per heavy atom. The van der Waals surface area contributed by atoms with Gasteiger partial charge in [0.2, 0.25) is 0 Å². The summed E-state index contributed by atoms with van der Waals surface area (Å²) in [6.45, 7) is 7.55. The number of nitrogens with one attached hydrogen (secondary N) is 2. The van der Waals surface area contributed by atoms with Crippen LogP contribution in [0.25, 0.3) is 0 Å². The summed E-state index contributed by atoms with van der Waals surface area (Å²) in [5.41, 5.74) is -7.98. The zero-order chi connectivity index (χ0) is 48.1. The number of nitro groups is 1. The van der Waals surface area contributed by atoms with Crippen molar-refractivity contribution in [2.45, 2.75) is 108 Å². The van der Waals surface area contributed by atoms with E-state index in [0.29, 0.717) is 5.56 Å². The standard InChI is InChI=1S/C47H51N3O16/c1-24-31(64-42(57)36(54)35(27-13-9-7-10-14-27)49-41(56)28-15-11-8-12-16-28)22-47(59)40(65-43(58)48-29-17-19-30(20-18-29)50(60)61)38-45(6,32(53)21-33-46(38,23-62-33)66-26(3)52)39(55)37(63-25(2)51)34(24)44(47,4)5/h7-20,31-33,35-38,40,53-54,59H,21-23H2,1-6H3,(H,48,58)(H,49,56)/t31-,32-,33+,35-,36+,37+,38?,40-,45+,46-,47+/m0/s1. The van der Waals surface area contributed by atoms with Crippen molar-refractivity contribution in [1.29, 1.82) is 0 Å². The van der Waals surface area contributed by atoms with Gasteiger partial charge >= 0.3 is 24.0 Å². The number of carbonyl (C=O) groups is 6. The summed E-state index contributed by atoms with van der Waals surface area (Å²) in [4.78, 5) is 94.3. The zero-order valence-electron chi connectivity index (χ0n) is 36.9. The Kier molecular flexibility index (Phi) is 12.7. The number of rotatable bonds is 11. The maximum atomic E-state index is 15.5. The van der Waals surface area contributed by atoms with Gasteiger partial charge in [-0.2, -0.15) is 0 Å². The van der Waals surface area contributed by atoms with Crippen LogP contribution in [0.3, 0.4) is 0 Å². The highest BCUT2D eigenvalue weighted by molar-refractivity contribution is 5.96. The molecule has 19 nitrogen and oxygen atoms in total. The van der Waals surface area contributed by atoms with Crippen molar-refractivity contribution in [3.63, 3.8) is 0 Å². The van der Waals surface area contributed by atoms with Gasteiger partial charge in [0.1, 0.15) is 23.9 Å². The van der Waals surface area contributed by atoms with Gasteiger partial charge in [0.15, 0.2) is 23.6 Å². The molecule has 5 N–H and O–H groups in total. The van der Waals surface area contributed by atoms with Crippen molar-refractivity contribution >= 4 is 47.1 Å². The molecule has 19 heteroatoms. The van der Waals surface area contributed by atoms with E-state index in [-0.39, 0.29) is 34.5 Å². The molecular weight excluding hydrogens is 863 g/mol. The molecule has 11 atom stereocenters. The van der Waals surface area contributed by atoms with Crippen LogP contribution in [-0.2, 0) is 42.9 Å². The topological polar surface area (TPSA) is 276 Å². The van der Waals surface area contributed by atoms with Crippen molar-refractivity contribution in [3.05, 3.63) is 117 Å². The second-order valence-electron chi connectivity index (χ2n) is 17.9. The molecule has 2 saturated carbocycles. The highest BCUT2D eigenvalue weighted by Gasteiger charge is 2.78. The number of carbonyl (C=O) groups excluding carboxylic acids is 6. The molecule has 66 heavy (non-hydrogen) atoms. The van der Waals surface area contributed by atoms with Crippen molar-refractivity contribution in [2.24, 2.45) is 16.7 Å². The first-order valence-corrected chi connectivity index (χ1v) is 21.2. The van der Waals surface area contributed by atoms with Gasteiger partial charge in [0.25, 0.3) is 11.6 Å². The molecule has 3 fully saturated rings. The highest BCUT2D eigenvalue weighted by atomic mass is 16.6. The summed E-state index contributed by atoms with van der Waals surface area (Å²) in [5, 5.41) is 54.1. The van der Waals surface area contributed by atoms with E-state index in [9.17, 15) is 49.4 Å². The fourth-order valence-electron chi connectivity index (χ4n) is 10.4. The number of amides is 2. The molecule has 4 aliphatic rings. The minimum Gasteiger partial charge on any atom is -0.456 e. The predicted molar refractivity (Wildman–Crippen MR) is 229 cm³/mol. The third kappa shape index (κ3) is 8.09. The molecule has 3 aromatic carbocycles. The molecular formula is C47H51N3O16. The number of nitro benzene ring substituents is 1. The fourth-order valence-corrected chi connectivity index (χ4v) is 10.4. The average molecular weight is 914 g/mol. The number of hydrogen-bond acceptors (Lipinski definition) is 16. The molecule has 1 unspecified atom stereocenters. The maximum absolute atomic E-state index is 15.5. The van der Waals surface area contributed by atoms with E-state index < -0.39 is 124 Å². The van der Waals surface area contributed by atoms with Crippen molar-refractivity contribution in [1.82, 2.24) is 5.32 Å². The van der Waals surface area contributed by atoms with E-state index in [1.807, 2.05) is 0 Å². The fraction of sp³-hybridized carbons (Fsp3) is 0.447. The lowest BCUT2D eigenvalue weighted by Gasteiger charge is -2.67. The number of ether oxygens (including phenoxy) is 5. The molecule has 0 spiro atoms. The molecule has 3 aliphatic carbocycles. The van der Waals surface area contributed by atoms with Crippen LogP contribution in [0.15, 0.2) is 96.1 Å². The normalized spacial score (nSPS) is 30.5. The average Bonchev–Trinajstić information content (AvgIpc) is 3.26.